The summed E-state index contributed by atoms with van der Waals surface area (Å²) < 4.78 is 0. The van der Waals surface area contributed by atoms with Crippen molar-refractivity contribution in [3.63, 3.8) is 0 Å². The summed E-state index contributed by atoms with van der Waals surface area (Å²) in [4.78, 5) is 7.32. The molecular formula is C11H13ClN2S. The second kappa shape index (κ2) is 4.90. The lowest BCUT2D eigenvalue weighted by molar-refractivity contribution is 0.347. The van der Waals surface area contributed by atoms with Crippen molar-refractivity contribution < 1.29 is 0 Å². The molecule has 1 aliphatic heterocycles. The maximum atomic E-state index is 5.78. The molecule has 1 saturated heterocycles. The maximum absolute atomic E-state index is 5.78. The molecule has 15 heavy (non-hydrogen) atoms. The third kappa shape index (κ3) is 2.67. The smallest absolute Gasteiger partial charge is 0.127 e. The number of piperidine rings is 1. The highest BCUT2D eigenvalue weighted by atomic mass is 35.5. The fourth-order valence-electron chi connectivity index (χ4n) is 1.76. The van der Waals surface area contributed by atoms with Gasteiger partial charge in [-0.1, -0.05) is 23.8 Å². The van der Waals surface area contributed by atoms with E-state index in [0.29, 0.717) is 5.02 Å². The van der Waals surface area contributed by atoms with Crippen LogP contribution in [0.4, 0.5) is 0 Å². The number of rotatable bonds is 1. The van der Waals surface area contributed by atoms with Crippen LogP contribution in [0.1, 0.15) is 25.0 Å². The van der Waals surface area contributed by atoms with E-state index in [1.807, 2.05) is 12.1 Å². The summed E-state index contributed by atoms with van der Waals surface area (Å²) in [5.74, 6) is 0. The van der Waals surface area contributed by atoms with Gasteiger partial charge in [-0.25, -0.2) is 0 Å². The van der Waals surface area contributed by atoms with Crippen LogP contribution in [0.15, 0.2) is 18.3 Å². The van der Waals surface area contributed by atoms with E-state index in [0.717, 1.165) is 23.8 Å². The summed E-state index contributed by atoms with van der Waals surface area (Å²) in [6, 6.07) is 3.72. The first-order valence-corrected chi connectivity index (χ1v) is 5.97. The summed E-state index contributed by atoms with van der Waals surface area (Å²) in [5, 5.41) is 0.653. The Morgan fingerprint density at radius 2 is 2.00 bits per heavy atom. The topological polar surface area (TPSA) is 16.1 Å². The molecule has 1 aromatic rings. The number of halogens is 1. The fraction of sp³-hybridized carbons (Fsp3) is 0.455. The van der Waals surface area contributed by atoms with Crippen LogP contribution >= 0.6 is 23.8 Å². The van der Waals surface area contributed by atoms with Crippen LogP contribution in [0.2, 0.25) is 5.02 Å². The van der Waals surface area contributed by atoms with Gasteiger partial charge in [0.05, 0.1) is 10.7 Å². The van der Waals surface area contributed by atoms with Crippen LogP contribution < -0.4 is 0 Å². The van der Waals surface area contributed by atoms with Gasteiger partial charge in [0.2, 0.25) is 0 Å². The van der Waals surface area contributed by atoms with Crippen LogP contribution in [-0.4, -0.2) is 28.0 Å². The Hall–Kier alpha value is -0.670. The van der Waals surface area contributed by atoms with Gasteiger partial charge in [-0.3, -0.25) is 4.98 Å². The SMILES string of the molecule is S=C(c1ccc(Cl)cn1)N1CCCCC1. The first kappa shape index (κ1) is 10.8. The van der Waals surface area contributed by atoms with Crippen LogP contribution in [0.25, 0.3) is 0 Å². The van der Waals surface area contributed by atoms with E-state index in [-0.39, 0.29) is 0 Å². The Morgan fingerprint density at radius 1 is 1.27 bits per heavy atom. The van der Waals surface area contributed by atoms with Crippen molar-refractivity contribution in [3.05, 3.63) is 29.0 Å². The molecule has 0 radical (unpaired) electrons. The van der Waals surface area contributed by atoms with Gasteiger partial charge >= 0.3 is 0 Å². The van der Waals surface area contributed by atoms with E-state index >= 15 is 0 Å². The molecule has 4 heteroatoms. The normalized spacial score (nSPS) is 16.5. The predicted molar refractivity (Wildman–Crippen MR) is 66.4 cm³/mol. The highest BCUT2D eigenvalue weighted by Crippen LogP contribution is 2.14. The number of hydrogen-bond donors (Lipinski definition) is 0. The first-order valence-electron chi connectivity index (χ1n) is 5.18. The molecule has 0 N–H and O–H groups in total. The number of thiocarbonyl (C=S) groups is 1. The number of nitrogens with zero attached hydrogens (tertiary/aromatic N) is 2. The van der Waals surface area contributed by atoms with E-state index in [2.05, 4.69) is 9.88 Å². The number of pyridine rings is 1. The van der Waals surface area contributed by atoms with Gasteiger partial charge in [0.15, 0.2) is 0 Å². The zero-order valence-corrected chi connectivity index (χ0v) is 10.0. The molecular weight excluding hydrogens is 228 g/mol. The zero-order valence-electron chi connectivity index (χ0n) is 8.45. The molecule has 1 aromatic heterocycles. The minimum Gasteiger partial charge on any atom is -0.361 e. The van der Waals surface area contributed by atoms with Gasteiger partial charge in [0.1, 0.15) is 4.99 Å². The van der Waals surface area contributed by atoms with Gasteiger partial charge in [-0.2, -0.15) is 0 Å². The monoisotopic (exact) mass is 240 g/mol. The Labute approximate surface area is 100 Å². The standard InChI is InChI=1S/C11H13ClN2S/c12-9-4-5-10(13-8-9)11(15)14-6-2-1-3-7-14/h4-5,8H,1-3,6-7H2. The highest BCUT2D eigenvalue weighted by Gasteiger charge is 2.15. The molecule has 1 fully saturated rings. The van der Waals surface area contributed by atoms with E-state index in [1.165, 1.54) is 19.3 Å². The molecule has 2 heterocycles. The van der Waals surface area contributed by atoms with E-state index in [4.69, 9.17) is 23.8 Å². The summed E-state index contributed by atoms with van der Waals surface area (Å²) in [5.41, 5.74) is 0.858. The Kier molecular flexibility index (Phi) is 3.54. The Balaban J connectivity index is 2.09. The molecule has 2 nitrogen and oxygen atoms in total. The van der Waals surface area contributed by atoms with Gasteiger partial charge < -0.3 is 4.90 Å². The summed E-state index contributed by atoms with van der Waals surface area (Å²) in [6.45, 7) is 2.12. The van der Waals surface area contributed by atoms with Gasteiger partial charge in [-0.05, 0) is 31.4 Å². The third-order valence-electron chi connectivity index (χ3n) is 2.59. The van der Waals surface area contributed by atoms with Crippen molar-refractivity contribution in [1.82, 2.24) is 9.88 Å². The summed E-state index contributed by atoms with van der Waals surface area (Å²) in [7, 11) is 0. The average Bonchev–Trinajstić information content (AvgIpc) is 2.30. The molecule has 0 aromatic carbocycles. The molecule has 0 unspecified atom stereocenters. The van der Waals surface area contributed by atoms with E-state index in [9.17, 15) is 0 Å². The maximum Gasteiger partial charge on any atom is 0.127 e. The molecule has 0 bridgehead atoms. The van der Waals surface area contributed by atoms with Crippen molar-refractivity contribution in [2.24, 2.45) is 0 Å². The lowest BCUT2D eigenvalue weighted by atomic mass is 10.1. The second-order valence-electron chi connectivity index (χ2n) is 3.71. The fourth-order valence-corrected chi connectivity index (χ4v) is 2.18. The van der Waals surface area contributed by atoms with Crippen LogP contribution in [-0.2, 0) is 0 Å². The quantitative estimate of drug-likeness (QED) is 0.703. The van der Waals surface area contributed by atoms with E-state index in [1.54, 1.807) is 6.20 Å². The number of hydrogen-bond acceptors (Lipinski definition) is 2. The van der Waals surface area contributed by atoms with E-state index < -0.39 is 0 Å². The summed E-state index contributed by atoms with van der Waals surface area (Å²) in [6.07, 6.45) is 5.42. The van der Waals surface area contributed by atoms with Crippen molar-refractivity contribution in [2.45, 2.75) is 19.3 Å². The molecule has 0 atom stereocenters. The first-order chi connectivity index (χ1) is 7.27. The Bertz CT molecular complexity index is 344. The number of aromatic nitrogens is 1. The molecule has 0 spiro atoms. The highest BCUT2D eigenvalue weighted by molar-refractivity contribution is 7.80. The predicted octanol–water partition coefficient (Wildman–Crippen LogP) is 2.90. The van der Waals surface area contributed by atoms with Gasteiger partial charge in [0, 0.05) is 19.3 Å². The van der Waals surface area contributed by atoms with Crippen LogP contribution in [0, 0.1) is 0 Å². The number of likely N-dealkylation sites (tertiary alicyclic amines) is 1. The second-order valence-corrected chi connectivity index (χ2v) is 4.54. The third-order valence-corrected chi connectivity index (χ3v) is 3.28. The van der Waals surface area contributed by atoms with Crippen molar-refractivity contribution in [3.8, 4) is 0 Å². The summed E-state index contributed by atoms with van der Waals surface area (Å²) >= 11 is 11.2. The molecule has 0 aliphatic carbocycles. The van der Waals surface area contributed by atoms with Gasteiger partial charge in [0.25, 0.3) is 0 Å². The molecule has 80 valence electrons. The molecule has 0 saturated carbocycles. The largest absolute Gasteiger partial charge is 0.361 e. The minimum atomic E-state index is 0.653. The molecule has 2 rings (SSSR count). The molecule has 0 amide bonds. The van der Waals surface area contributed by atoms with Crippen molar-refractivity contribution in [2.75, 3.05) is 13.1 Å². The zero-order chi connectivity index (χ0) is 10.7. The minimum absolute atomic E-state index is 0.653. The molecule has 1 aliphatic rings. The van der Waals surface area contributed by atoms with Gasteiger partial charge in [-0.15, -0.1) is 0 Å². The Morgan fingerprint density at radius 3 is 2.60 bits per heavy atom. The van der Waals surface area contributed by atoms with Crippen molar-refractivity contribution in [1.29, 1.82) is 0 Å². The lowest BCUT2D eigenvalue weighted by Gasteiger charge is -2.28. The average molecular weight is 241 g/mol. The lowest BCUT2D eigenvalue weighted by Crippen LogP contribution is -2.35. The van der Waals surface area contributed by atoms with Crippen LogP contribution in [0.3, 0.4) is 0 Å². The van der Waals surface area contributed by atoms with Crippen molar-refractivity contribution >= 4 is 28.8 Å². The van der Waals surface area contributed by atoms with Crippen LogP contribution in [0.5, 0.6) is 0 Å².